The molecule has 0 saturated heterocycles. The van der Waals surface area contributed by atoms with Crippen LogP contribution in [0.3, 0.4) is 0 Å². The van der Waals surface area contributed by atoms with Crippen LogP contribution in [0, 0.1) is 0 Å². The standard InChI is InChI=1S/C32H20N2S/c1-3-9-21(10-4-1)22-15-17-23(18-16-22)30-29-27-19-25-13-7-8-14-26(25)20-28(27)35-32(29)34-31(33-30)24-11-5-2-6-12-24/h1-20H. The second-order valence-corrected chi connectivity index (χ2v) is 9.71. The van der Waals surface area contributed by atoms with Crippen molar-refractivity contribution in [1.82, 2.24) is 9.97 Å². The van der Waals surface area contributed by atoms with Crippen LogP contribution >= 0.6 is 11.3 Å². The Hall–Kier alpha value is -4.34. The summed E-state index contributed by atoms with van der Waals surface area (Å²) in [7, 11) is 0. The second kappa shape index (κ2) is 8.15. The lowest BCUT2D eigenvalue weighted by Crippen LogP contribution is -1.93. The molecule has 0 aliphatic rings. The van der Waals surface area contributed by atoms with E-state index in [2.05, 4.69) is 97.1 Å². The quantitative estimate of drug-likeness (QED) is 0.261. The van der Waals surface area contributed by atoms with E-state index in [0.29, 0.717) is 0 Å². The summed E-state index contributed by atoms with van der Waals surface area (Å²) in [5.41, 5.74) is 5.52. The fraction of sp³-hybridized carbons (Fsp3) is 0. The van der Waals surface area contributed by atoms with Crippen LogP contribution in [0.2, 0.25) is 0 Å². The summed E-state index contributed by atoms with van der Waals surface area (Å²) >= 11 is 1.74. The highest BCUT2D eigenvalue weighted by Crippen LogP contribution is 2.41. The molecule has 3 heteroatoms. The summed E-state index contributed by atoms with van der Waals surface area (Å²) in [4.78, 5) is 11.2. The highest BCUT2D eigenvalue weighted by molar-refractivity contribution is 7.25. The van der Waals surface area contributed by atoms with E-state index in [1.165, 1.54) is 32.0 Å². The van der Waals surface area contributed by atoms with E-state index in [4.69, 9.17) is 9.97 Å². The van der Waals surface area contributed by atoms with Gasteiger partial charge in [0.15, 0.2) is 5.82 Å². The fourth-order valence-electron chi connectivity index (χ4n) is 4.74. The number of benzene rings is 5. The maximum absolute atomic E-state index is 5.14. The molecular formula is C32H20N2S. The van der Waals surface area contributed by atoms with E-state index < -0.39 is 0 Å². The minimum atomic E-state index is 0.761. The van der Waals surface area contributed by atoms with E-state index in [-0.39, 0.29) is 0 Å². The van der Waals surface area contributed by atoms with E-state index >= 15 is 0 Å². The number of rotatable bonds is 3. The van der Waals surface area contributed by atoms with Crippen LogP contribution in [0.15, 0.2) is 121 Å². The van der Waals surface area contributed by atoms with Crippen LogP contribution in [0.4, 0.5) is 0 Å². The molecule has 2 heterocycles. The van der Waals surface area contributed by atoms with Crippen molar-refractivity contribution >= 4 is 42.4 Å². The first-order valence-corrected chi connectivity index (χ1v) is 12.5. The molecule has 2 nitrogen and oxygen atoms in total. The van der Waals surface area contributed by atoms with Crippen molar-refractivity contribution in [3.05, 3.63) is 121 Å². The van der Waals surface area contributed by atoms with Crippen LogP contribution < -0.4 is 0 Å². The zero-order valence-electron chi connectivity index (χ0n) is 18.8. The number of hydrogen-bond acceptors (Lipinski definition) is 3. The molecular weight excluding hydrogens is 444 g/mol. The van der Waals surface area contributed by atoms with Gasteiger partial charge < -0.3 is 0 Å². The van der Waals surface area contributed by atoms with Crippen molar-refractivity contribution in [3.63, 3.8) is 0 Å². The van der Waals surface area contributed by atoms with Gasteiger partial charge in [-0.2, -0.15) is 0 Å². The molecule has 35 heavy (non-hydrogen) atoms. The van der Waals surface area contributed by atoms with Gasteiger partial charge in [0.25, 0.3) is 0 Å². The molecule has 0 amide bonds. The maximum Gasteiger partial charge on any atom is 0.161 e. The Morgan fingerprint density at radius 3 is 1.77 bits per heavy atom. The molecule has 2 aromatic heterocycles. The third-order valence-electron chi connectivity index (χ3n) is 6.50. The predicted octanol–water partition coefficient (Wildman–Crippen LogP) is 9.00. The topological polar surface area (TPSA) is 25.8 Å². The van der Waals surface area contributed by atoms with E-state index in [9.17, 15) is 0 Å². The SMILES string of the molecule is c1ccc(-c2ccc(-c3nc(-c4ccccc4)nc4sc5cc6ccccc6cc5c34)cc2)cc1. The molecule has 0 saturated carbocycles. The van der Waals surface area contributed by atoms with Gasteiger partial charge in [0, 0.05) is 26.6 Å². The Morgan fingerprint density at radius 1 is 0.486 bits per heavy atom. The van der Waals surface area contributed by atoms with Gasteiger partial charge in [-0.1, -0.05) is 109 Å². The molecule has 0 atom stereocenters. The molecule has 0 bridgehead atoms. The van der Waals surface area contributed by atoms with Crippen LogP contribution in [0.5, 0.6) is 0 Å². The van der Waals surface area contributed by atoms with Crippen molar-refractivity contribution in [3.8, 4) is 33.8 Å². The van der Waals surface area contributed by atoms with Crippen LogP contribution in [-0.4, -0.2) is 9.97 Å². The fourth-order valence-corrected chi connectivity index (χ4v) is 5.84. The van der Waals surface area contributed by atoms with E-state index in [1.807, 2.05) is 24.3 Å². The van der Waals surface area contributed by atoms with E-state index in [1.54, 1.807) is 11.3 Å². The van der Waals surface area contributed by atoms with Gasteiger partial charge in [0.2, 0.25) is 0 Å². The monoisotopic (exact) mass is 464 g/mol. The normalized spacial score (nSPS) is 11.4. The summed E-state index contributed by atoms with van der Waals surface area (Å²) in [6, 6.07) is 42.6. The number of aromatic nitrogens is 2. The zero-order chi connectivity index (χ0) is 23.2. The maximum atomic E-state index is 5.14. The van der Waals surface area contributed by atoms with Crippen molar-refractivity contribution in [1.29, 1.82) is 0 Å². The summed E-state index contributed by atoms with van der Waals surface area (Å²) in [6.45, 7) is 0. The number of nitrogens with zero attached hydrogens (tertiary/aromatic N) is 2. The van der Waals surface area contributed by atoms with Gasteiger partial charge in [-0.25, -0.2) is 9.97 Å². The van der Waals surface area contributed by atoms with Crippen LogP contribution in [0.25, 0.3) is 64.8 Å². The third-order valence-corrected chi connectivity index (χ3v) is 7.54. The van der Waals surface area contributed by atoms with Gasteiger partial charge >= 0.3 is 0 Å². The molecule has 5 aromatic carbocycles. The summed E-state index contributed by atoms with van der Waals surface area (Å²) in [5, 5.41) is 4.82. The minimum Gasteiger partial charge on any atom is -0.227 e. The summed E-state index contributed by atoms with van der Waals surface area (Å²) in [6.07, 6.45) is 0. The van der Waals surface area contributed by atoms with Gasteiger partial charge in [-0.15, -0.1) is 11.3 Å². The van der Waals surface area contributed by atoms with Crippen molar-refractivity contribution in [2.75, 3.05) is 0 Å². The average Bonchev–Trinajstić information content (AvgIpc) is 3.29. The predicted molar refractivity (Wildman–Crippen MR) is 149 cm³/mol. The smallest absolute Gasteiger partial charge is 0.161 e. The molecule has 0 aliphatic heterocycles. The number of hydrogen-bond donors (Lipinski definition) is 0. The Kier molecular flexibility index (Phi) is 4.68. The Labute approximate surface area is 207 Å². The van der Waals surface area contributed by atoms with Gasteiger partial charge in [0.1, 0.15) is 4.83 Å². The molecule has 0 aliphatic carbocycles. The summed E-state index contributed by atoms with van der Waals surface area (Å²) < 4.78 is 1.24. The van der Waals surface area contributed by atoms with Crippen molar-refractivity contribution < 1.29 is 0 Å². The first-order valence-electron chi connectivity index (χ1n) is 11.7. The van der Waals surface area contributed by atoms with Gasteiger partial charge in [-0.05, 0) is 34.0 Å². The van der Waals surface area contributed by atoms with Crippen LogP contribution in [0.1, 0.15) is 0 Å². The van der Waals surface area contributed by atoms with E-state index in [0.717, 1.165) is 32.9 Å². The highest BCUT2D eigenvalue weighted by Gasteiger charge is 2.17. The molecule has 164 valence electrons. The zero-order valence-corrected chi connectivity index (χ0v) is 19.7. The lowest BCUT2D eigenvalue weighted by atomic mass is 10.00. The number of thiophene rings is 1. The lowest BCUT2D eigenvalue weighted by Gasteiger charge is -2.09. The first-order chi connectivity index (χ1) is 17.3. The molecule has 0 unspecified atom stereocenters. The Bertz CT molecular complexity index is 1820. The second-order valence-electron chi connectivity index (χ2n) is 8.68. The Morgan fingerprint density at radius 2 is 1.06 bits per heavy atom. The van der Waals surface area contributed by atoms with Crippen LogP contribution in [-0.2, 0) is 0 Å². The largest absolute Gasteiger partial charge is 0.227 e. The highest BCUT2D eigenvalue weighted by atomic mass is 32.1. The van der Waals surface area contributed by atoms with Gasteiger partial charge in [0.05, 0.1) is 5.69 Å². The molecule has 0 radical (unpaired) electrons. The van der Waals surface area contributed by atoms with Crippen molar-refractivity contribution in [2.24, 2.45) is 0 Å². The first kappa shape index (κ1) is 20.1. The minimum absolute atomic E-state index is 0.761. The van der Waals surface area contributed by atoms with Crippen molar-refractivity contribution in [2.45, 2.75) is 0 Å². The lowest BCUT2D eigenvalue weighted by molar-refractivity contribution is 1.24. The molecule has 0 spiro atoms. The summed E-state index contributed by atoms with van der Waals surface area (Å²) in [5.74, 6) is 0.761. The number of fused-ring (bicyclic) bond motifs is 4. The molecule has 7 rings (SSSR count). The molecule has 0 fully saturated rings. The molecule has 0 N–H and O–H groups in total. The molecule has 7 aromatic rings. The average molecular weight is 465 g/mol. The Balaban J connectivity index is 1.50. The third kappa shape index (κ3) is 3.49. The van der Waals surface area contributed by atoms with Gasteiger partial charge in [-0.3, -0.25) is 0 Å².